The largest absolute Gasteiger partial charge is 0.493 e. The highest BCUT2D eigenvalue weighted by molar-refractivity contribution is 6.45. The molecule has 2 amide bonds. The molecule has 0 bridgehead atoms. The lowest BCUT2D eigenvalue weighted by molar-refractivity contribution is -0.120. The number of imide groups is 1. The van der Waals surface area contributed by atoms with Crippen LogP contribution in [0.1, 0.15) is 16.7 Å². The zero-order valence-electron chi connectivity index (χ0n) is 17.9. The van der Waals surface area contributed by atoms with Crippen molar-refractivity contribution in [2.24, 2.45) is 0 Å². The summed E-state index contributed by atoms with van der Waals surface area (Å²) in [7, 11) is 4.73. The van der Waals surface area contributed by atoms with E-state index in [-0.39, 0.29) is 24.4 Å². The van der Waals surface area contributed by atoms with Crippen LogP contribution in [0.3, 0.4) is 0 Å². The third-order valence-corrected chi connectivity index (χ3v) is 5.15. The minimum atomic E-state index is -0.422. The molecule has 1 aliphatic rings. The first kappa shape index (κ1) is 21.4. The number of aryl methyl sites for hydroxylation is 2. The van der Waals surface area contributed by atoms with Crippen LogP contribution in [0.25, 0.3) is 5.57 Å². The third-order valence-electron chi connectivity index (χ3n) is 5.15. The smallest absolute Gasteiger partial charge is 0.282 e. The average molecular weight is 410 g/mol. The van der Waals surface area contributed by atoms with Gasteiger partial charge in [-0.3, -0.25) is 9.59 Å². The van der Waals surface area contributed by atoms with Gasteiger partial charge in [0.05, 0.1) is 32.1 Å². The number of ether oxygens (including phenoxy) is 2. The third kappa shape index (κ3) is 3.64. The van der Waals surface area contributed by atoms with E-state index in [4.69, 9.17) is 9.47 Å². The van der Waals surface area contributed by atoms with Gasteiger partial charge in [-0.2, -0.15) is 0 Å². The lowest BCUT2D eigenvalue weighted by atomic mass is 10.0. The number of likely N-dealkylation sites (N-methyl/N-ethyl adjacent to an activating group) is 1. The quantitative estimate of drug-likeness (QED) is 0.707. The Kier molecular flexibility index (Phi) is 6.12. The number of rotatable bonds is 7. The highest BCUT2D eigenvalue weighted by Crippen LogP contribution is 2.38. The van der Waals surface area contributed by atoms with Crippen molar-refractivity contribution in [2.75, 3.05) is 39.3 Å². The number of carbonyl (C=O) groups is 2. The fourth-order valence-electron chi connectivity index (χ4n) is 3.57. The summed E-state index contributed by atoms with van der Waals surface area (Å²) in [6, 6.07) is 10.7. The molecule has 3 rings (SSSR count). The highest BCUT2D eigenvalue weighted by atomic mass is 16.5. The van der Waals surface area contributed by atoms with E-state index < -0.39 is 11.8 Å². The molecule has 1 N–H and O–H groups in total. The summed E-state index contributed by atoms with van der Waals surface area (Å²) in [4.78, 5) is 29.8. The van der Waals surface area contributed by atoms with Crippen molar-refractivity contribution in [2.45, 2.75) is 13.8 Å². The molecule has 0 spiro atoms. The predicted octanol–water partition coefficient (Wildman–Crippen LogP) is 2.53. The Morgan fingerprint density at radius 3 is 2.30 bits per heavy atom. The van der Waals surface area contributed by atoms with E-state index in [0.29, 0.717) is 22.7 Å². The Balaban J connectivity index is 2.19. The van der Waals surface area contributed by atoms with Crippen LogP contribution in [0.5, 0.6) is 11.5 Å². The van der Waals surface area contributed by atoms with Gasteiger partial charge in [-0.15, -0.1) is 0 Å². The normalized spacial score (nSPS) is 13.9. The fourth-order valence-corrected chi connectivity index (χ4v) is 3.57. The van der Waals surface area contributed by atoms with Gasteiger partial charge in [-0.05, 0) is 48.7 Å². The number of methoxy groups -OCH3 is 2. The van der Waals surface area contributed by atoms with E-state index in [0.717, 1.165) is 11.1 Å². The molecular formula is C23H26N2O5. The van der Waals surface area contributed by atoms with Crippen molar-refractivity contribution in [1.29, 1.82) is 0 Å². The van der Waals surface area contributed by atoms with Gasteiger partial charge in [0, 0.05) is 13.6 Å². The van der Waals surface area contributed by atoms with Gasteiger partial charge >= 0.3 is 0 Å². The molecule has 0 atom stereocenters. The summed E-state index contributed by atoms with van der Waals surface area (Å²) < 4.78 is 10.7. The lowest BCUT2D eigenvalue weighted by Crippen LogP contribution is -2.35. The van der Waals surface area contributed by atoms with E-state index >= 15 is 0 Å². The van der Waals surface area contributed by atoms with E-state index in [9.17, 15) is 14.7 Å². The van der Waals surface area contributed by atoms with E-state index in [1.807, 2.05) is 32.0 Å². The Morgan fingerprint density at radius 2 is 1.67 bits per heavy atom. The van der Waals surface area contributed by atoms with Crippen LogP contribution in [0, 0.1) is 13.8 Å². The van der Waals surface area contributed by atoms with Crippen LogP contribution in [0.15, 0.2) is 42.1 Å². The van der Waals surface area contributed by atoms with Crippen LogP contribution >= 0.6 is 0 Å². The average Bonchev–Trinajstić information content (AvgIpc) is 2.99. The summed E-state index contributed by atoms with van der Waals surface area (Å²) in [6.07, 6.45) is 0. The standard InChI is InChI=1S/C23H26N2O5/c1-14-6-7-15(2)17(12-14)25-22(27)20(21(23(25)28)24(3)10-11-26)16-8-9-18(29-4)19(13-16)30-5/h6-9,12-13,26H,10-11H2,1-5H3. The van der Waals surface area contributed by atoms with E-state index in [1.165, 1.54) is 19.1 Å². The molecule has 0 aliphatic carbocycles. The molecule has 2 aromatic rings. The molecule has 158 valence electrons. The minimum Gasteiger partial charge on any atom is -0.493 e. The number of aliphatic hydroxyl groups excluding tert-OH is 1. The summed E-state index contributed by atoms with van der Waals surface area (Å²) in [5.41, 5.74) is 3.36. The molecule has 30 heavy (non-hydrogen) atoms. The van der Waals surface area contributed by atoms with Crippen LogP contribution in [0.2, 0.25) is 0 Å². The molecular weight excluding hydrogens is 384 g/mol. The Morgan fingerprint density at radius 1 is 0.967 bits per heavy atom. The second-order valence-corrected chi connectivity index (χ2v) is 7.17. The first-order valence-electron chi connectivity index (χ1n) is 9.58. The van der Waals surface area contributed by atoms with Gasteiger partial charge in [0.1, 0.15) is 5.70 Å². The first-order valence-corrected chi connectivity index (χ1v) is 9.58. The molecule has 7 heteroatoms. The molecule has 0 fully saturated rings. The molecule has 1 aliphatic heterocycles. The molecule has 0 saturated carbocycles. The van der Waals surface area contributed by atoms with Crippen molar-refractivity contribution in [3.05, 3.63) is 58.8 Å². The van der Waals surface area contributed by atoms with Crippen LogP contribution in [0.4, 0.5) is 5.69 Å². The zero-order chi connectivity index (χ0) is 22.0. The number of aliphatic hydroxyl groups is 1. The molecule has 0 saturated heterocycles. The van der Waals surface area contributed by atoms with E-state index in [1.54, 1.807) is 30.1 Å². The number of benzene rings is 2. The molecule has 0 unspecified atom stereocenters. The molecule has 7 nitrogen and oxygen atoms in total. The maximum Gasteiger partial charge on any atom is 0.282 e. The highest BCUT2D eigenvalue weighted by Gasteiger charge is 2.42. The second-order valence-electron chi connectivity index (χ2n) is 7.17. The summed E-state index contributed by atoms with van der Waals surface area (Å²) in [5.74, 6) is 0.141. The lowest BCUT2D eigenvalue weighted by Gasteiger charge is -2.21. The van der Waals surface area contributed by atoms with Crippen LogP contribution in [-0.4, -0.2) is 56.2 Å². The van der Waals surface area contributed by atoms with Crippen LogP contribution in [-0.2, 0) is 9.59 Å². The maximum absolute atomic E-state index is 13.5. The number of hydrogen-bond donors (Lipinski definition) is 1. The van der Waals surface area contributed by atoms with Crippen molar-refractivity contribution in [1.82, 2.24) is 4.90 Å². The minimum absolute atomic E-state index is 0.149. The Bertz CT molecular complexity index is 1030. The van der Waals surface area contributed by atoms with Crippen molar-refractivity contribution in [3.8, 4) is 11.5 Å². The van der Waals surface area contributed by atoms with Crippen molar-refractivity contribution < 1.29 is 24.2 Å². The SMILES string of the molecule is COc1ccc(C2=C(N(C)CCO)C(=O)N(c3cc(C)ccc3C)C2=O)cc1OC. The fraction of sp³-hybridized carbons (Fsp3) is 0.304. The monoisotopic (exact) mass is 410 g/mol. The van der Waals surface area contributed by atoms with E-state index in [2.05, 4.69) is 0 Å². The second kappa shape index (κ2) is 8.59. The van der Waals surface area contributed by atoms with Gasteiger partial charge in [0.2, 0.25) is 0 Å². The zero-order valence-corrected chi connectivity index (χ0v) is 17.9. The number of hydrogen-bond acceptors (Lipinski definition) is 6. The van der Waals surface area contributed by atoms with Gasteiger partial charge in [0.25, 0.3) is 11.8 Å². The number of carbonyl (C=O) groups excluding carboxylic acids is 2. The van der Waals surface area contributed by atoms with Gasteiger partial charge in [-0.25, -0.2) is 4.90 Å². The Hall–Kier alpha value is -3.32. The number of amides is 2. The van der Waals surface area contributed by atoms with Crippen molar-refractivity contribution >= 4 is 23.1 Å². The first-order chi connectivity index (χ1) is 14.3. The predicted molar refractivity (Wildman–Crippen MR) is 115 cm³/mol. The van der Waals surface area contributed by atoms with Crippen molar-refractivity contribution in [3.63, 3.8) is 0 Å². The van der Waals surface area contributed by atoms with Gasteiger partial charge in [0.15, 0.2) is 11.5 Å². The van der Waals surface area contributed by atoms with Crippen LogP contribution < -0.4 is 14.4 Å². The topological polar surface area (TPSA) is 79.3 Å². The van der Waals surface area contributed by atoms with Gasteiger partial charge in [-0.1, -0.05) is 18.2 Å². The number of nitrogens with zero attached hydrogens (tertiary/aromatic N) is 2. The maximum atomic E-state index is 13.5. The Labute approximate surface area is 176 Å². The summed E-state index contributed by atoms with van der Waals surface area (Å²) >= 11 is 0. The van der Waals surface area contributed by atoms with Gasteiger partial charge < -0.3 is 19.5 Å². The summed E-state index contributed by atoms with van der Waals surface area (Å²) in [5, 5.41) is 9.41. The molecule has 0 aromatic heterocycles. The summed E-state index contributed by atoms with van der Waals surface area (Å²) in [6.45, 7) is 3.84. The molecule has 0 radical (unpaired) electrons. The molecule has 1 heterocycles. The number of anilines is 1. The molecule has 2 aromatic carbocycles.